The van der Waals surface area contributed by atoms with Gasteiger partial charge in [-0.05, 0) is 158 Å². The summed E-state index contributed by atoms with van der Waals surface area (Å²) in [5.41, 5.74) is 28.8. The molecule has 3 radical (unpaired) electrons. The molecule has 24 nitrogen and oxygen atoms in total. The van der Waals surface area contributed by atoms with Gasteiger partial charge in [-0.15, -0.1) is 0 Å². The Kier molecular flexibility index (Phi) is 40.0. The topological polar surface area (TPSA) is 394 Å². The van der Waals surface area contributed by atoms with Crippen LogP contribution in [-0.4, -0.2) is 158 Å². The van der Waals surface area contributed by atoms with E-state index in [2.05, 4.69) is 79.8 Å². The number of carboxylic acid groups (broad SMARTS) is 1. The number of benzene rings is 4. The van der Waals surface area contributed by atoms with Crippen LogP contribution in [0.5, 0.6) is 0 Å². The molecule has 12 rings (SSSR count). The number of esters is 3. The van der Waals surface area contributed by atoms with E-state index in [0.29, 0.717) is 115 Å². The van der Waals surface area contributed by atoms with Gasteiger partial charge in [0.05, 0.1) is 97.3 Å². The minimum Gasteiger partial charge on any atom is -1.00 e. The van der Waals surface area contributed by atoms with E-state index in [1.807, 2.05) is 0 Å². The fourth-order valence-electron chi connectivity index (χ4n) is 12.9. The van der Waals surface area contributed by atoms with Crippen LogP contribution >= 0.6 is 0 Å². The summed E-state index contributed by atoms with van der Waals surface area (Å²) in [7, 11) is 3.58. The summed E-state index contributed by atoms with van der Waals surface area (Å²) < 4.78 is 96.7. The van der Waals surface area contributed by atoms with Gasteiger partial charge in [-0.2, -0.15) is 0 Å². The summed E-state index contributed by atoms with van der Waals surface area (Å²) in [6.45, 7) is 10.1. The second-order valence-corrected chi connectivity index (χ2v) is 26.0. The number of hydrogen-bond acceptors (Lipinski definition) is 23. The van der Waals surface area contributed by atoms with Gasteiger partial charge in [-0.25, -0.2) is 85.4 Å². The number of nitrogens with zero attached hydrogens (tertiary/aromatic N) is 9. The van der Waals surface area contributed by atoms with Crippen LogP contribution in [0.1, 0.15) is 220 Å². The summed E-state index contributed by atoms with van der Waals surface area (Å²) in [5, 5.41) is 18.5. The third-order valence-corrected chi connectivity index (χ3v) is 19.3. The van der Waals surface area contributed by atoms with E-state index < -0.39 is 65.1 Å². The summed E-state index contributed by atoms with van der Waals surface area (Å²) in [5.74, 6) is -5.02. The number of carbonyl (C=O) groups is 5. The molecule has 0 saturated heterocycles. The van der Waals surface area contributed by atoms with Crippen molar-refractivity contribution in [1.29, 1.82) is 0 Å². The molecule has 4 aromatic heterocycles. The van der Waals surface area contributed by atoms with Crippen molar-refractivity contribution in [2.45, 2.75) is 173 Å². The van der Waals surface area contributed by atoms with E-state index in [1.54, 1.807) is 43.0 Å². The number of rotatable bonds is 15. The maximum atomic E-state index is 14.2. The second kappa shape index (κ2) is 46.2. The van der Waals surface area contributed by atoms with Gasteiger partial charge in [-0.3, -0.25) is 4.79 Å². The Morgan fingerprint density at radius 1 is 0.459 bits per heavy atom. The molecule has 4 fully saturated rings. The van der Waals surface area contributed by atoms with Gasteiger partial charge in [0.2, 0.25) is 0 Å². The molecule has 0 bridgehead atoms. The van der Waals surface area contributed by atoms with Crippen LogP contribution in [0.2, 0.25) is 0 Å². The second-order valence-electron chi connectivity index (χ2n) is 26.0. The number of methoxy groups -OCH3 is 3. The maximum absolute atomic E-state index is 14.2. The zero-order valence-electron chi connectivity index (χ0n) is 64.0. The molecule has 0 atom stereocenters. The fraction of sp³-hybridized carbons (Fsp3) is 0.423. The number of alkyl halides is 2. The molecule has 0 aliphatic heterocycles. The Balaban J connectivity index is 0.000000484. The molecule has 4 aromatic carbocycles. The summed E-state index contributed by atoms with van der Waals surface area (Å²) in [6, 6.07) is 16.0. The number of nitrogens with two attached hydrogens (primary N) is 4. The van der Waals surface area contributed by atoms with Crippen molar-refractivity contribution >= 4 is 61.3 Å². The first-order valence-corrected chi connectivity index (χ1v) is 35.2. The van der Waals surface area contributed by atoms with Crippen molar-refractivity contribution in [2.75, 3.05) is 63.9 Å². The molecule has 0 unspecified atom stereocenters. The van der Waals surface area contributed by atoms with E-state index >= 15 is 0 Å². The number of carboxylic acids is 1. The first-order chi connectivity index (χ1) is 50.8. The van der Waals surface area contributed by atoms with Gasteiger partial charge in [0, 0.05) is 67.2 Å². The van der Waals surface area contributed by atoms with Crippen LogP contribution in [0.25, 0.3) is 45.0 Å². The number of aromatic carboxylic acids is 1. The first kappa shape index (κ1) is 96.3. The Labute approximate surface area is 679 Å². The third kappa shape index (κ3) is 26.1. The van der Waals surface area contributed by atoms with Crippen LogP contribution in [0.15, 0.2) is 97.6 Å². The number of hydrogen-bond donors (Lipinski definition) is 6. The van der Waals surface area contributed by atoms with Crippen LogP contribution in [0, 0.1) is 23.3 Å². The smallest absolute Gasteiger partial charge is 1.00 e. The predicted octanol–water partition coefficient (Wildman–Crippen LogP) is 8.30. The number of anilines is 4. The number of ether oxygens (including phenoxy) is 3. The summed E-state index contributed by atoms with van der Waals surface area (Å²) in [6.07, 6.45) is 15.1. The van der Waals surface area contributed by atoms with Crippen LogP contribution in [0.4, 0.5) is 49.6 Å². The van der Waals surface area contributed by atoms with Crippen molar-refractivity contribution in [3.8, 4) is 45.0 Å². The van der Waals surface area contributed by atoms with Crippen molar-refractivity contribution in [1.82, 2.24) is 44.8 Å². The molecular formula is C78H95BF6LiN13NaO11. The fourth-order valence-corrected chi connectivity index (χ4v) is 12.9. The molecule has 4 aliphatic rings. The van der Waals surface area contributed by atoms with Crippen molar-refractivity contribution in [3.63, 3.8) is 0 Å². The average Bonchev–Trinajstić information content (AvgIpc) is 0.818. The Morgan fingerprint density at radius 3 is 0.928 bits per heavy atom. The van der Waals surface area contributed by atoms with Crippen molar-refractivity contribution in [2.24, 2.45) is 0 Å². The molecule has 111 heavy (non-hydrogen) atoms. The summed E-state index contributed by atoms with van der Waals surface area (Å²) in [4.78, 5) is 93.9. The zero-order chi connectivity index (χ0) is 76.9. The molecule has 4 heterocycles. The number of halogens is 6. The molecule has 11 N–H and O–H groups in total. The van der Waals surface area contributed by atoms with E-state index in [4.69, 9.17) is 28.0 Å². The monoisotopic (exact) mass is 1540 g/mol. The molecule has 0 amide bonds. The molecule has 0 spiro atoms. The molecule has 8 aromatic rings. The Hall–Kier alpha value is -8.93. The molecule has 4 aliphatic carbocycles. The molecule has 585 valence electrons. The van der Waals surface area contributed by atoms with Gasteiger partial charge in [0.15, 0.2) is 0 Å². The van der Waals surface area contributed by atoms with Crippen LogP contribution in [0.3, 0.4) is 0 Å². The molecule has 4 saturated carbocycles. The minimum absolute atomic E-state index is 0. The van der Waals surface area contributed by atoms with Gasteiger partial charge in [0.1, 0.15) is 87.4 Å². The van der Waals surface area contributed by atoms with E-state index in [1.165, 1.54) is 89.5 Å². The number of nitrogen functional groups attached to an aromatic ring is 4. The number of ketones is 1. The minimum atomic E-state index is -1.34. The van der Waals surface area contributed by atoms with Gasteiger partial charge >= 0.3 is 72.3 Å². The third-order valence-electron chi connectivity index (χ3n) is 19.3. The Morgan fingerprint density at radius 2 is 0.703 bits per heavy atom. The number of aromatic nitrogens is 8. The van der Waals surface area contributed by atoms with Crippen LogP contribution in [-0.2, 0) is 19.0 Å². The maximum Gasteiger partial charge on any atom is 1.00 e. The van der Waals surface area contributed by atoms with Gasteiger partial charge in [-0.1, -0.05) is 52.5 Å². The molecule has 33 heteroatoms. The number of Topliss-reactive ketones (excluding diaryl/α,β-unsaturated/α-hetero) is 1. The van der Waals surface area contributed by atoms with E-state index in [-0.39, 0.29) is 147 Å². The standard InChI is InChI=1S/C18H19F2N3O2.C18H20FN3O3.C18H18FN3O3.C17H17F2N3O2.C6H15N.CH4.B.Li.Na.H2O.H/c1-25-18(24)13-7-4-11(8-14(13)20)16-17(21)22-9-15(23-16)10-2-5-12(19)6-3-10;2*1-25-18(24)13-7-4-11(8-14(13)19)16-17(20)21-9-15(22-16)10-2-5-12(23)6-3-10;18-11-4-1-9(2-5-11)14-8-21-16(20)15(22-14)10-3-6-12(17(23)24)13(19)7-10;1-4-7(5-2)6-3;;;;;;/h4,7-10,12H,2-3,5-6H2,1H3,(H2,21,22);4,7-10,12,23H,2-3,5-6H2,1H3,(H2,20,21);4,7-10H,2-3,5-6H2,1H3,(H2,20,21);3,6-9,11H,1-2,4-5H2,(H2,20,21)(H,23,24);4-6H2,1-3H3;1H4;;;;1H2;/q;;;;;;;2*+1;;-1/p-1. The Bertz CT molecular complexity index is 4270. The van der Waals surface area contributed by atoms with Crippen molar-refractivity contribution in [3.05, 3.63) is 166 Å². The van der Waals surface area contributed by atoms with E-state index in [0.717, 1.165) is 61.7 Å². The van der Waals surface area contributed by atoms with Crippen molar-refractivity contribution < 1.29 is 130 Å². The molecular weight excluding hydrogens is 1450 g/mol. The van der Waals surface area contributed by atoms with E-state index in [9.17, 15) is 55.4 Å². The summed E-state index contributed by atoms with van der Waals surface area (Å²) >= 11 is 0. The predicted molar refractivity (Wildman–Crippen MR) is 403 cm³/mol. The SMILES string of the molecule is C.CCN(CC)CC.COC(=O)c1ccc(-c2nc(C3CCC(=O)CC3)cnc2N)cc1F.COC(=O)c1ccc(-c2nc(C3CCC(F)CC3)cnc2N)cc1F.COC(=O)c1ccc(-c2nc(C3CCC(O)CC3)cnc2N)cc1F.Nc1ncc(C2CCC(F)CC2)nc1-c1ccc(C(=O)O)c(F)c1.[B].[H-].[Li+].[Na+].[OH-]. The quantitative estimate of drug-likeness (QED) is 0.0243. The normalized spacial score (nSPS) is 17.7. The van der Waals surface area contributed by atoms with Gasteiger partial charge in [0.25, 0.3) is 0 Å². The largest absolute Gasteiger partial charge is 1.00 e. The zero-order valence-corrected chi connectivity index (χ0v) is 65.0. The number of carbonyl (C=O) groups excluding carboxylic acids is 4. The van der Waals surface area contributed by atoms with Crippen LogP contribution < -0.4 is 71.4 Å². The number of aliphatic hydroxyl groups excluding tert-OH is 1. The van der Waals surface area contributed by atoms with Gasteiger partial charge < -0.3 is 59.2 Å². The average molecular weight is 1550 g/mol. The number of aliphatic hydroxyl groups is 1. The first-order valence-electron chi connectivity index (χ1n) is 35.2.